The molecular weight excluding hydrogens is 424 g/mol. The van der Waals surface area contributed by atoms with Crippen LogP contribution in [0.2, 0.25) is 0 Å². The minimum Gasteiger partial charge on any atom is -0.461 e. The van der Waals surface area contributed by atoms with Crippen LogP contribution in [-0.2, 0) is 30.4 Å². The zero-order valence-corrected chi connectivity index (χ0v) is 19.7. The number of unbranched alkanes of at least 4 members (excludes halogenated alkanes) is 1. The van der Waals surface area contributed by atoms with E-state index in [1.54, 1.807) is 4.90 Å². The fraction of sp³-hybridized carbons (Fsp3) is 0.667. The van der Waals surface area contributed by atoms with Crippen LogP contribution in [0, 0.1) is 0 Å². The summed E-state index contributed by atoms with van der Waals surface area (Å²) in [6.07, 6.45) is 2.72. The maximum absolute atomic E-state index is 13.1. The number of esters is 1. The molecule has 0 aliphatic carbocycles. The molecule has 1 amide bonds. The number of ether oxygens (including phenoxy) is 3. The highest BCUT2D eigenvalue weighted by atomic mass is 16.8. The van der Waals surface area contributed by atoms with Gasteiger partial charge in [-0.15, -0.1) is 0 Å². The van der Waals surface area contributed by atoms with Crippen molar-refractivity contribution in [3.8, 4) is 0 Å². The minimum atomic E-state index is -0.788. The van der Waals surface area contributed by atoms with Crippen LogP contribution in [-0.4, -0.2) is 53.4 Å². The molecule has 1 aromatic rings. The van der Waals surface area contributed by atoms with Crippen molar-refractivity contribution >= 4 is 11.9 Å². The third-order valence-corrected chi connectivity index (χ3v) is 6.08. The van der Waals surface area contributed by atoms with Gasteiger partial charge in [-0.3, -0.25) is 9.59 Å². The second-order valence-electron chi connectivity index (χ2n) is 9.09. The highest BCUT2D eigenvalue weighted by molar-refractivity contribution is 5.77. The Morgan fingerprint density at radius 2 is 1.88 bits per heavy atom. The molecule has 33 heavy (non-hydrogen) atoms. The Kier molecular flexibility index (Phi) is 8.72. The van der Waals surface area contributed by atoms with Gasteiger partial charge in [0.2, 0.25) is 5.91 Å². The number of carbonyl (C=O) groups is 2. The van der Waals surface area contributed by atoms with Gasteiger partial charge in [0, 0.05) is 24.3 Å². The van der Waals surface area contributed by atoms with Crippen LogP contribution in [0.3, 0.4) is 0 Å². The van der Waals surface area contributed by atoms with Crippen molar-refractivity contribution in [2.75, 3.05) is 6.54 Å². The minimum absolute atomic E-state index is 0.0176. The van der Waals surface area contributed by atoms with Crippen molar-refractivity contribution in [1.29, 1.82) is 0 Å². The number of hydrogen-bond donors (Lipinski definition) is 0. The van der Waals surface area contributed by atoms with Crippen LogP contribution in [0.1, 0.15) is 64.9 Å². The molecule has 9 heteroatoms. The second kappa shape index (κ2) is 11.5. The Morgan fingerprint density at radius 3 is 2.58 bits per heavy atom. The summed E-state index contributed by atoms with van der Waals surface area (Å²) < 4.78 is 17.5. The molecule has 3 rings (SSSR count). The third-order valence-electron chi connectivity index (χ3n) is 6.08. The Bertz CT molecular complexity index is 856. The predicted octanol–water partition coefficient (Wildman–Crippen LogP) is 4.50. The number of nitrogens with zero attached hydrogens (tertiary/aromatic N) is 4. The lowest BCUT2D eigenvalue weighted by Crippen LogP contribution is -2.61. The molecule has 4 atom stereocenters. The topological polar surface area (TPSA) is 114 Å². The average Bonchev–Trinajstić information content (AvgIpc) is 3.13. The van der Waals surface area contributed by atoms with E-state index in [9.17, 15) is 9.59 Å². The van der Waals surface area contributed by atoms with E-state index in [-0.39, 0.29) is 43.2 Å². The maximum atomic E-state index is 13.1. The first-order valence-electron chi connectivity index (χ1n) is 11.7. The van der Waals surface area contributed by atoms with Gasteiger partial charge in [0.15, 0.2) is 5.79 Å². The SMILES string of the molecule is CCCC1[C@@H]2OC(C)(C)O[C@@H]2[C@@H](N=[N+]=[N-])CN1C(=O)CCCCC(=O)OCc1ccccc1. The molecule has 2 fully saturated rings. The summed E-state index contributed by atoms with van der Waals surface area (Å²) in [6.45, 7) is 6.31. The molecule has 2 aliphatic heterocycles. The second-order valence-corrected chi connectivity index (χ2v) is 9.09. The highest BCUT2D eigenvalue weighted by Gasteiger charge is 2.53. The molecule has 2 heterocycles. The van der Waals surface area contributed by atoms with Crippen LogP contribution < -0.4 is 0 Å². The summed E-state index contributed by atoms with van der Waals surface area (Å²) in [4.78, 5) is 29.9. The van der Waals surface area contributed by atoms with Crippen molar-refractivity contribution in [3.63, 3.8) is 0 Å². The van der Waals surface area contributed by atoms with Gasteiger partial charge in [0.1, 0.15) is 12.7 Å². The van der Waals surface area contributed by atoms with Gasteiger partial charge in [-0.25, -0.2) is 0 Å². The fourth-order valence-corrected chi connectivity index (χ4v) is 4.60. The van der Waals surface area contributed by atoms with E-state index in [2.05, 4.69) is 16.9 Å². The molecule has 0 saturated carbocycles. The fourth-order valence-electron chi connectivity index (χ4n) is 4.60. The van der Waals surface area contributed by atoms with E-state index in [1.165, 1.54) is 0 Å². The molecule has 0 radical (unpaired) electrons. The van der Waals surface area contributed by atoms with Crippen LogP contribution >= 0.6 is 0 Å². The van der Waals surface area contributed by atoms with E-state index in [0.29, 0.717) is 25.8 Å². The summed E-state index contributed by atoms with van der Waals surface area (Å²) in [5.41, 5.74) is 9.97. The number of carbonyl (C=O) groups excluding carboxylic acids is 2. The lowest BCUT2D eigenvalue weighted by Gasteiger charge is -2.44. The van der Waals surface area contributed by atoms with Crippen molar-refractivity contribution < 1.29 is 23.8 Å². The largest absolute Gasteiger partial charge is 0.461 e. The first-order valence-corrected chi connectivity index (χ1v) is 11.7. The zero-order valence-electron chi connectivity index (χ0n) is 19.7. The first-order chi connectivity index (χ1) is 15.8. The summed E-state index contributed by atoms with van der Waals surface area (Å²) in [5, 5.41) is 3.90. The van der Waals surface area contributed by atoms with Crippen molar-refractivity contribution in [1.82, 2.24) is 4.90 Å². The number of hydrogen-bond acceptors (Lipinski definition) is 6. The first kappa shape index (κ1) is 25.0. The average molecular weight is 459 g/mol. The molecule has 1 aromatic carbocycles. The summed E-state index contributed by atoms with van der Waals surface area (Å²) >= 11 is 0. The molecule has 180 valence electrons. The summed E-state index contributed by atoms with van der Waals surface area (Å²) in [5.74, 6) is -1.07. The number of likely N-dealkylation sites (tertiary alicyclic amines) is 1. The van der Waals surface area contributed by atoms with Gasteiger partial charge in [-0.1, -0.05) is 48.8 Å². The smallest absolute Gasteiger partial charge is 0.306 e. The summed E-state index contributed by atoms with van der Waals surface area (Å²) in [7, 11) is 0. The Morgan fingerprint density at radius 1 is 1.18 bits per heavy atom. The molecule has 0 spiro atoms. The Hall–Kier alpha value is -2.61. The molecule has 0 aromatic heterocycles. The number of piperidine rings is 1. The van der Waals surface area contributed by atoms with E-state index in [1.807, 2.05) is 44.2 Å². The Labute approximate surface area is 195 Å². The number of amides is 1. The van der Waals surface area contributed by atoms with E-state index in [0.717, 1.165) is 18.4 Å². The van der Waals surface area contributed by atoms with E-state index in [4.69, 9.17) is 19.7 Å². The standard InChI is InChI=1S/C24H34N4O5/c1-4-10-19-23-22(32-24(2,3)33-23)18(26-27-25)15-28(19)20(29)13-8-9-14-21(30)31-16-17-11-6-5-7-12-17/h5-7,11-12,18-19,22-23H,4,8-10,13-16H2,1-3H3/t18-,19?,22+,23-/m0/s1. The lowest BCUT2D eigenvalue weighted by molar-refractivity contribution is -0.153. The normalized spacial score (nSPS) is 25.7. The molecular formula is C24H34N4O5. The highest BCUT2D eigenvalue weighted by Crippen LogP contribution is 2.39. The van der Waals surface area contributed by atoms with Gasteiger partial charge in [0.25, 0.3) is 0 Å². The van der Waals surface area contributed by atoms with Gasteiger partial charge < -0.3 is 19.1 Å². The van der Waals surface area contributed by atoms with Gasteiger partial charge >= 0.3 is 5.97 Å². The number of benzene rings is 1. The van der Waals surface area contributed by atoms with E-state index < -0.39 is 11.8 Å². The van der Waals surface area contributed by atoms with Gasteiger partial charge in [-0.2, -0.15) is 0 Å². The number of azide groups is 1. The molecule has 0 bridgehead atoms. The monoisotopic (exact) mass is 458 g/mol. The number of rotatable bonds is 10. The molecule has 2 saturated heterocycles. The number of fused-ring (bicyclic) bond motifs is 1. The third kappa shape index (κ3) is 6.69. The van der Waals surface area contributed by atoms with Crippen LogP contribution in [0.4, 0.5) is 0 Å². The van der Waals surface area contributed by atoms with Crippen molar-refractivity contribution in [3.05, 3.63) is 46.3 Å². The predicted molar refractivity (Wildman–Crippen MR) is 122 cm³/mol. The molecule has 0 N–H and O–H groups in total. The molecule has 1 unspecified atom stereocenters. The maximum Gasteiger partial charge on any atom is 0.306 e. The molecule has 9 nitrogen and oxygen atoms in total. The van der Waals surface area contributed by atoms with Crippen LogP contribution in [0.15, 0.2) is 35.4 Å². The lowest BCUT2D eigenvalue weighted by atomic mass is 9.89. The van der Waals surface area contributed by atoms with Crippen molar-refractivity contribution in [2.45, 2.75) is 96.0 Å². The van der Waals surface area contributed by atoms with Crippen LogP contribution in [0.5, 0.6) is 0 Å². The van der Waals surface area contributed by atoms with Crippen LogP contribution in [0.25, 0.3) is 10.4 Å². The zero-order chi connectivity index (χ0) is 23.8. The van der Waals surface area contributed by atoms with Gasteiger partial charge in [-0.05, 0) is 44.2 Å². The quantitative estimate of drug-likeness (QED) is 0.168. The Balaban J connectivity index is 1.52. The molecule has 2 aliphatic rings. The summed E-state index contributed by atoms with van der Waals surface area (Å²) in [6, 6.07) is 8.91. The van der Waals surface area contributed by atoms with Gasteiger partial charge in [0.05, 0.1) is 18.2 Å². The van der Waals surface area contributed by atoms with E-state index >= 15 is 0 Å². The van der Waals surface area contributed by atoms with Crippen molar-refractivity contribution in [2.24, 2.45) is 5.11 Å².